The minimum atomic E-state index is -3.39. The minimum Gasteiger partial charge on any atom is -0.273 e. The molecule has 1 aromatic rings. The summed E-state index contributed by atoms with van der Waals surface area (Å²) in [5, 5.41) is 4.08. The molecule has 1 N–H and O–H groups in total. The van der Waals surface area contributed by atoms with Crippen molar-refractivity contribution in [3.8, 4) is 0 Å². The second-order valence-corrected chi connectivity index (χ2v) is 8.02. The Hall–Kier alpha value is -1.73. The lowest BCUT2D eigenvalue weighted by Gasteiger charge is -2.15. The second-order valence-electron chi connectivity index (χ2n) is 6.08. The van der Waals surface area contributed by atoms with Gasteiger partial charge >= 0.3 is 0 Å². The molecule has 1 aromatic carbocycles. The molecule has 2 aliphatic rings. The Morgan fingerprint density at radius 2 is 1.78 bits per heavy atom. The number of carbonyl (C=O) groups excluding carboxylic acids is 1. The van der Waals surface area contributed by atoms with Gasteiger partial charge in [-0.2, -0.15) is 9.41 Å². The third-order valence-electron chi connectivity index (χ3n) is 4.26. The van der Waals surface area contributed by atoms with Crippen LogP contribution in [0.2, 0.25) is 0 Å². The van der Waals surface area contributed by atoms with Crippen molar-refractivity contribution in [2.24, 2.45) is 11.0 Å². The highest BCUT2D eigenvalue weighted by Crippen LogP contribution is 2.28. The molecule has 23 heavy (non-hydrogen) atoms. The zero-order valence-corrected chi connectivity index (χ0v) is 14.0. The van der Waals surface area contributed by atoms with Gasteiger partial charge in [-0.15, -0.1) is 0 Å². The first-order valence-corrected chi connectivity index (χ1v) is 9.37. The maximum atomic E-state index is 12.5. The molecule has 0 aromatic heterocycles. The molecule has 1 saturated carbocycles. The lowest BCUT2D eigenvalue weighted by Crippen LogP contribution is -2.27. The van der Waals surface area contributed by atoms with Crippen molar-refractivity contribution in [2.75, 3.05) is 13.1 Å². The van der Waals surface area contributed by atoms with Crippen LogP contribution in [0.3, 0.4) is 0 Å². The van der Waals surface area contributed by atoms with Gasteiger partial charge in [-0.25, -0.2) is 13.8 Å². The predicted octanol–water partition coefficient (Wildman–Crippen LogP) is 1.72. The monoisotopic (exact) mass is 335 g/mol. The molecular formula is C16H21N3O3S. The number of rotatable bonds is 5. The smallest absolute Gasteiger partial charge is 0.243 e. The van der Waals surface area contributed by atoms with Gasteiger partial charge in [-0.1, -0.05) is 12.1 Å². The standard InChI is InChI=1S/C16H21N3O3S/c1-12(17-18-16(20)14-4-5-14)13-6-8-15(9-7-13)23(21,22)19-10-2-3-11-19/h6-9,14H,2-5,10-11H2,1H3,(H,18,20)/b17-12-. The van der Waals surface area contributed by atoms with Crippen LogP contribution in [0.5, 0.6) is 0 Å². The van der Waals surface area contributed by atoms with E-state index in [0.717, 1.165) is 31.2 Å². The topological polar surface area (TPSA) is 78.8 Å². The second kappa shape index (κ2) is 6.41. The molecule has 0 atom stereocenters. The number of sulfonamides is 1. The minimum absolute atomic E-state index is 0.0439. The van der Waals surface area contributed by atoms with Crippen molar-refractivity contribution in [1.82, 2.24) is 9.73 Å². The number of hydrazone groups is 1. The van der Waals surface area contributed by atoms with E-state index in [1.165, 1.54) is 4.31 Å². The Labute approximate surface area is 136 Å². The third-order valence-corrected chi connectivity index (χ3v) is 6.17. The Bertz CT molecular complexity index is 715. The lowest BCUT2D eigenvalue weighted by molar-refractivity contribution is -0.122. The molecule has 0 spiro atoms. The summed E-state index contributed by atoms with van der Waals surface area (Å²) < 4.78 is 26.4. The fourth-order valence-corrected chi connectivity index (χ4v) is 4.10. The molecule has 7 heteroatoms. The van der Waals surface area contributed by atoms with Gasteiger partial charge in [0, 0.05) is 19.0 Å². The van der Waals surface area contributed by atoms with Crippen LogP contribution in [-0.2, 0) is 14.8 Å². The van der Waals surface area contributed by atoms with E-state index in [9.17, 15) is 13.2 Å². The number of benzene rings is 1. The van der Waals surface area contributed by atoms with Crippen LogP contribution in [-0.4, -0.2) is 37.4 Å². The molecule has 1 amide bonds. The molecule has 1 heterocycles. The molecule has 0 unspecified atom stereocenters. The Morgan fingerprint density at radius 3 is 2.35 bits per heavy atom. The van der Waals surface area contributed by atoms with E-state index in [1.54, 1.807) is 31.2 Å². The van der Waals surface area contributed by atoms with E-state index in [-0.39, 0.29) is 11.8 Å². The predicted molar refractivity (Wildman–Crippen MR) is 87.5 cm³/mol. The number of amides is 1. The van der Waals surface area contributed by atoms with Gasteiger partial charge in [0.1, 0.15) is 0 Å². The van der Waals surface area contributed by atoms with E-state index in [1.807, 2.05) is 0 Å². The molecule has 1 saturated heterocycles. The van der Waals surface area contributed by atoms with E-state index >= 15 is 0 Å². The molecule has 1 aliphatic carbocycles. The van der Waals surface area contributed by atoms with E-state index in [4.69, 9.17) is 0 Å². The Morgan fingerprint density at radius 1 is 1.17 bits per heavy atom. The van der Waals surface area contributed by atoms with Crippen LogP contribution in [0.25, 0.3) is 0 Å². The summed E-state index contributed by atoms with van der Waals surface area (Å²) in [6.07, 6.45) is 3.71. The Balaban J connectivity index is 1.70. The van der Waals surface area contributed by atoms with Gasteiger partial charge in [0.05, 0.1) is 10.6 Å². The molecule has 2 fully saturated rings. The van der Waals surface area contributed by atoms with Crippen molar-refractivity contribution in [3.63, 3.8) is 0 Å². The summed E-state index contributed by atoms with van der Waals surface area (Å²) in [6.45, 7) is 2.98. The average Bonchev–Trinajstić information content (AvgIpc) is 3.26. The van der Waals surface area contributed by atoms with E-state index in [0.29, 0.717) is 23.7 Å². The van der Waals surface area contributed by atoms with Crippen molar-refractivity contribution >= 4 is 21.6 Å². The van der Waals surface area contributed by atoms with Gasteiger partial charge < -0.3 is 0 Å². The van der Waals surface area contributed by atoms with Crippen LogP contribution < -0.4 is 5.43 Å². The molecule has 0 bridgehead atoms. The number of hydrogen-bond donors (Lipinski definition) is 1. The Kier molecular flexibility index (Phi) is 4.50. The largest absolute Gasteiger partial charge is 0.273 e. The highest BCUT2D eigenvalue weighted by molar-refractivity contribution is 7.89. The quantitative estimate of drug-likeness (QED) is 0.657. The number of nitrogens with one attached hydrogen (secondary N) is 1. The normalized spacial score (nSPS) is 19.8. The maximum Gasteiger partial charge on any atom is 0.243 e. The fourth-order valence-electron chi connectivity index (χ4n) is 2.59. The van der Waals surface area contributed by atoms with Gasteiger partial charge in [-0.05, 0) is 50.3 Å². The van der Waals surface area contributed by atoms with Crippen LogP contribution in [0.4, 0.5) is 0 Å². The summed E-state index contributed by atoms with van der Waals surface area (Å²) in [6, 6.07) is 6.66. The van der Waals surface area contributed by atoms with Gasteiger partial charge in [0.2, 0.25) is 15.9 Å². The molecule has 3 rings (SSSR count). The molecular weight excluding hydrogens is 314 g/mol. The number of carbonyl (C=O) groups is 1. The van der Waals surface area contributed by atoms with Gasteiger partial charge in [-0.3, -0.25) is 4.79 Å². The number of hydrogen-bond acceptors (Lipinski definition) is 4. The van der Waals surface area contributed by atoms with Crippen molar-refractivity contribution in [1.29, 1.82) is 0 Å². The maximum absolute atomic E-state index is 12.5. The van der Waals surface area contributed by atoms with Crippen molar-refractivity contribution < 1.29 is 13.2 Å². The molecule has 0 radical (unpaired) electrons. The zero-order chi connectivity index (χ0) is 16.4. The van der Waals surface area contributed by atoms with Crippen molar-refractivity contribution in [2.45, 2.75) is 37.5 Å². The summed E-state index contributed by atoms with van der Waals surface area (Å²) in [5.74, 6) is 0.0668. The van der Waals surface area contributed by atoms with Gasteiger partial charge in [0.15, 0.2) is 0 Å². The number of nitrogens with zero attached hydrogens (tertiary/aromatic N) is 2. The first-order valence-electron chi connectivity index (χ1n) is 7.93. The lowest BCUT2D eigenvalue weighted by atomic mass is 10.1. The molecule has 124 valence electrons. The van der Waals surface area contributed by atoms with Crippen LogP contribution in [0, 0.1) is 5.92 Å². The highest BCUT2D eigenvalue weighted by Gasteiger charge is 2.29. The highest BCUT2D eigenvalue weighted by atomic mass is 32.2. The van der Waals surface area contributed by atoms with Crippen LogP contribution in [0.15, 0.2) is 34.3 Å². The first-order chi connectivity index (χ1) is 11.0. The van der Waals surface area contributed by atoms with Crippen LogP contribution >= 0.6 is 0 Å². The summed E-state index contributed by atoms with van der Waals surface area (Å²) in [5.41, 5.74) is 4.00. The summed E-state index contributed by atoms with van der Waals surface area (Å²) in [7, 11) is -3.39. The summed E-state index contributed by atoms with van der Waals surface area (Å²) >= 11 is 0. The van der Waals surface area contributed by atoms with Gasteiger partial charge in [0.25, 0.3) is 0 Å². The fraction of sp³-hybridized carbons (Fsp3) is 0.500. The van der Waals surface area contributed by atoms with E-state index in [2.05, 4.69) is 10.5 Å². The first kappa shape index (κ1) is 16.1. The SMILES string of the molecule is C/C(=N/NC(=O)C1CC1)c1ccc(S(=O)(=O)N2CCCC2)cc1. The molecule has 1 aliphatic heterocycles. The van der Waals surface area contributed by atoms with Crippen LogP contribution in [0.1, 0.15) is 38.2 Å². The average molecular weight is 335 g/mol. The molecule has 6 nitrogen and oxygen atoms in total. The zero-order valence-electron chi connectivity index (χ0n) is 13.2. The van der Waals surface area contributed by atoms with E-state index < -0.39 is 10.0 Å². The van der Waals surface area contributed by atoms with Crippen molar-refractivity contribution in [3.05, 3.63) is 29.8 Å². The summed E-state index contributed by atoms with van der Waals surface area (Å²) in [4.78, 5) is 11.9. The third kappa shape index (κ3) is 3.61.